The van der Waals surface area contributed by atoms with Gasteiger partial charge in [0.15, 0.2) is 0 Å². The number of halogens is 1. The Morgan fingerprint density at radius 3 is 2.81 bits per heavy atom. The fraction of sp³-hybridized carbons (Fsp3) is 0.364. The lowest BCUT2D eigenvalue weighted by molar-refractivity contribution is 0.308. The van der Waals surface area contributed by atoms with Crippen molar-refractivity contribution in [2.75, 3.05) is 13.6 Å². The number of rotatable bonds is 5. The van der Waals surface area contributed by atoms with E-state index >= 15 is 0 Å². The molecule has 0 aromatic heterocycles. The van der Waals surface area contributed by atoms with Crippen molar-refractivity contribution in [3.8, 4) is 0 Å². The van der Waals surface area contributed by atoms with Crippen molar-refractivity contribution in [3.05, 3.63) is 35.6 Å². The predicted molar refractivity (Wildman–Crippen MR) is 60.8 cm³/mol. The van der Waals surface area contributed by atoms with Crippen LogP contribution in [0, 0.1) is 5.82 Å². The Hall–Kier alpha value is -1.62. The highest BCUT2D eigenvalue weighted by Gasteiger charge is 2.05. The molecular formula is C11H16FN3O. The summed E-state index contributed by atoms with van der Waals surface area (Å²) in [6, 6.07) is 6.65. The first-order valence-corrected chi connectivity index (χ1v) is 5.02. The summed E-state index contributed by atoms with van der Waals surface area (Å²) in [6.45, 7) is 1.12. The second-order valence-electron chi connectivity index (χ2n) is 3.67. The third-order valence-electron chi connectivity index (χ3n) is 2.28. The summed E-state index contributed by atoms with van der Waals surface area (Å²) in [4.78, 5) is 1.91. The van der Waals surface area contributed by atoms with Crippen LogP contribution < -0.4 is 5.73 Å². The van der Waals surface area contributed by atoms with E-state index < -0.39 is 0 Å². The van der Waals surface area contributed by atoms with Gasteiger partial charge in [0.05, 0.1) is 0 Å². The molecule has 16 heavy (non-hydrogen) atoms. The van der Waals surface area contributed by atoms with Gasteiger partial charge in [-0.25, -0.2) is 4.39 Å². The molecule has 0 spiro atoms. The largest absolute Gasteiger partial charge is 0.409 e. The second-order valence-corrected chi connectivity index (χ2v) is 3.67. The Morgan fingerprint density at radius 2 is 2.19 bits per heavy atom. The number of benzene rings is 1. The van der Waals surface area contributed by atoms with Gasteiger partial charge in [-0.15, -0.1) is 0 Å². The Labute approximate surface area is 94.2 Å². The molecular weight excluding hydrogens is 209 g/mol. The van der Waals surface area contributed by atoms with Crippen molar-refractivity contribution in [3.63, 3.8) is 0 Å². The summed E-state index contributed by atoms with van der Waals surface area (Å²) >= 11 is 0. The maximum Gasteiger partial charge on any atom is 0.140 e. The zero-order valence-electron chi connectivity index (χ0n) is 9.23. The molecule has 0 amide bonds. The van der Waals surface area contributed by atoms with E-state index in [0.29, 0.717) is 25.1 Å². The Kier molecular flexibility index (Phi) is 4.72. The third kappa shape index (κ3) is 3.86. The van der Waals surface area contributed by atoms with Crippen LogP contribution in [0.2, 0.25) is 0 Å². The molecule has 1 rings (SSSR count). The molecule has 0 unspecified atom stereocenters. The maximum absolute atomic E-state index is 13.3. The van der Waals surface area contributed by atoms with E-state index in [9.17, 15) is 4.39 Å². The van der Waals surface area contributed by atoms with Crippen molar-refractivity contribution in [1.29, 1.82) is 0 Å². The van der Waals surface area contributed by atoms with Gasteiger partial charge in [0.25, 0.3) is 0 Å². The third-order valence-corrected chi connectivity index (χ3v) is 2.28. The fourth-order valence-electron chi connectivity index (χ4n) is 1.35. The minimum Gasteiger partial charge on any atom is -0.409 e. The summed E-state index contributed by atoms with van der Waals surface area (Å²) < 4.78 is 13.3. The van der Waals surface area contributed by atoms with Crippen LogP contribution in [0.25, 0.3) is 0 Å². The Bertz CT molecular complexity index is 368. The first kappa shape index (κ1) is 12.4. The van der Waals surface area contributed by atoms with Crippen LogP contribution in [0.3, 0.4) is 0 Å². The number of oxime groups is 1. The number of amidine groups is 1. The van der Waals surface area contributed by atoms with Gasteiger partial charge in [-0.2, -0.15) is 0 Å². The highest BCUT2D eigenvalue weighted by atomic mass is 19.1. The molecule has 88 valence electrons. The minimum absolute atomic E-state index is 0.181. The van der Waals surface area contributed by atoms with Crippen LogP contribution in [0.5, 0.6) is 0 Å². The van der Waals surface area contributed by atoms with Gasteiger partial charge in [-0.05, 0) is 13.1 Å². The van der Waals surface area contributed by atoms with Gasteiger partial charge in [-0.3, -0.25) is 0 Å². The predicted octanol–water partition coefficient (Wildman–Crippen LogP) is 1.39. The smallest absolute Gasteiger partial charge is 0.140 e. The van der Waals surface area contributed by atoms with Crippen LogP contribution >= 0.6 is 0 Å². The van der Waals surface area contributed by atoms with Gasteiger partial charge in [0, 0.05) is 25.1 Å². The molecule has 0 saturated carbocycles. The van der Waals surface area contributed by atoms with Gasteiger partial charge in [0.1, 0.15) is 11.7 Å². The number of hydrogen-bond acceptors (Lipinski definition) is 3. The molecule has 0 aliphatic rings. The van der Waals surface area contributed by atoms with Gasteiger partial charge in [0.2, 0.25) is 0 Å². The standard InChI is InChI=1S/C11H16FN3O/c1-15(7-6-11(13)14-16)8-9-4-2-3-5-10(9)12/h2-5,16H,6-8H2,1H3,(H2,13,14). The average Bonchev–Trinajstić information content (AvgIpc) is 2.29. The molecule has 0 saturated heterocycles. The minimum atomic E-state index is -0.210. The molecule has 0 aliphatic heterocycles. The molecule has 0 aliphatic carbocycles. The van der Waals surface area contributed by atoms with Crippen molar-refractivity contribution >= 4 is 5.84 Å². The lowest BCUT2D eigenvalue weighted by Gasteiger charge is -2.16. The lowest BCUT2D eigenvalue weighted by atomic mass is 10.2. The quantitative estimate of drug-likeness (QED) is 0.344. The van der Waals surface area contributed by atoms with Crippen molar-refractivity contribution in [1.82, 2.24) is 4.90 Å². The van der Waals surface area contributed by atoms with Crippen LogP contribution in [0.1, 0.15) is 12.0 Å². The van der Waals surface area contributed by atoms with Crippen molar-refractivity contribution < 1.29 is 9.60 Å². The zero-order chi connectivity index (χ0) is 12.0. The molecule has 0 atom stereocenters. The fourth-order valence-corrected chi connectivity index (χ4v) is 1.35. The van der Waals surface area contributed by atoms with Gasteiger partial charge in [-0.1, -0.05) is 23.4 Å². The first-order valence-electron chi connectivity index (χ1n) is 5.02. The molecule has 0 fully saturated rings. The van der Waals surface area contributed by atoms with E-state index in [-0.39, 0.29) is 11.7 Å². The molecule has 0 bridgehead atoms. The first-order chi connectivity index (χ1) is 7.63. The number of nitrogens with zero attached hydrogens (tertiary/aromatic N) is 2. The zero-order valence-corrected chi connectivity index (χ0v) is 9.23. The number of hydrogen-bond donors (Lipinski definition) is 2. The van der Waals surface area contributed by atoms with Crippen molar-refractivity contribution in [2.45, 2.75) is 13.0 Å². The normalized spacial score (nSPS) is 12.1. The van der Waals surface area contributed by atoms with E-state index in [1.807, 2.05) is 11.9 Å². The summed E-state index contributed by atoms with van der Waals surface area (Å²) in [5, 5.41) is 11.2. The molecule has 1 aromatic rings. The van der Waals surface area contributed by atoms with Crippen LogP contribution in [0.4, 0.5) is 4.39 Å². The molecule has 0 heterocycles. The van der Waals surface area contributed by atoms with Gasteiger partial charge >= 0.3 is 0 Å². The summed E-state index contributed by atoms with van der Waals surface area (Å²) in [7, 11) is 1.86. The molecule has 0 radical (unpaired) electrons. The van der Waals surface area contributed by atoms with E-state index in [4.69, 9.17) is 10.9 Å². The van der Waals surface area contributed by atoms with E-state index in [0.717, 1.165) is 0 Å². The highest BCUT2D eigenvalue weighted by Crippen LogP contribution is 2.08. The summed E-state index contributed by atoms with van der Waals surface area (Å²) in [6.07, 6.45) is 0.460. The van der Waals surface area contributed by atoms with E-state index in [1.165, 1.54) is 6.07 Å². The highest BCUT2D eigenvalue weighted by molar-refractivity contribution is 5.79. The van der Waals surface area contributed by atoms with Crippen LogP contribution in [-0.4, -0.2) is 29.5 Å². The molecule has 1 aromatic carbocycles. The Morgan fingerprint density at radius 1 is 1.50 bits per heavy atom. The van der Waals surface area contributed by atoms with Crippen LogP contribution in [0.15, 0.2) is 29.4 Å². The van der Waals surface area contributed by atoms with Crippen molar-refractivity contribution in [2.24, 2.45) is 10.9 Å². The lowest BCUT2D eigenvalue weighted by Crippen LogP contribution is -2.24. The average molecular weight is 225 g/mol. The molecule has 5 heteroatoms. The topological polar surface area (TPSA) is 61.8 Å². The Balaban J connectivity index is 2.46. The van der Waals surface area contributed by atoms with Crippen LogP contribution in [-0.2, 0) is 6.54 Å². The molecule has 4 nitrogen and oxygen atoms in total. The van der Waals surface area contributed by atoms with Gasteiger partial charge < -0.3 is 15.8 Å². The van der Waals surface area contributed by atoms with E-state index in [2.05, 4.69) is 5.16 Å². The SMILES string of the molecule is CN(CC/C(N)=N/O)Cc1ccccc1F. The maximum atomic E-state index is 13.3. The summed E-state index contributed by atoms with van der Waals surface area (Å²) in [5.41, 5.74) is 5.99. The van der Waals surface area contributed by atoms with E-state index in [1.54, 1.807) is 18.2 Å². The monoisotopic (exact) mass is 225 g/mol. The second kappa shape index (κ2) is 6.07. The summed E-state index contributed by atoms with van der Waals surface area (Å²) in [5.74, 6) is -0.0291. The number of nitrogens with two attached hydrogens (primary N) is 1. The molecule has 3 N–H and O–H groups in total.